The Bertz CT molecular complexity index is 2030. The Labute approximate surface area is 554 Å². The minimum atomic E-state index is -4.66. The van der Waals surface area contributed by atoms with Crippen molar-refractivity contribution in [1.82, 2.24) is 0 Å². The molecule has 0 N–H and O–H groups in total. The molecule has 0 heterocycles. The van der Waals surface area contributed by atoms with Crippen LogP contribution in [0.4, 0.5) is 0 Å². The molecule has 10 heteroatoms. The number of nitrogens with zero attached hydrogens (tertiary/aromatic N) is 1. The molecule has 90 heavy (non-hydrogen) atoms. The first-order valence-electron chi connectivity index (χ1n) is 36.5. The number of phosphoric acid groups is 1. The summed E-state index contributed by atoms with van der Waals surface area (Å²) in [6.07, 6.45) is 102. The van der Waals surface area contributed by atoms with Gasteiger partial charge in [-0.1, -0.05) is 307 Å². The summed E-state index contributed by atoms with van der Waals surface area (Å²) < 4.78 is 34.3. The summed E-state index contributed by atoms with van der Waals surface area (Å²) in [6.45, 7) is 4.10. The maximum atomic E-state index is 12.9. The highest BCUT2D eigenvalue weighted by atomic mass is 31.2. The fraction of sp³-hybridized carbons (Fsp3) is 0.675. The molecule has 0 rings (SSSR count). The van der Waals surface area contributed by atoms with Crippen LogP contribution in [0.1, 0.15) is 296 Å². The summed E-state index contributed by atoms with van der Waals surface area (Å²) >= 11 is 0. The predicted octanol–water partition coefficient (Wildman–Crippen LogP) is 23.5. The lowest BCUT2D eigenvalue weighted by atomic mass is 10.0. The third-order valence-electron chi connectivity index (χ3n) is 15.3. The number of hydrogen-bond donors (Lipinski definition) is 0. The van der Waals surface area contributed by atoms with Gasteiger partial charge in [0.2, 0.25) is 0 Å². The summed E-state index contributed by atoms with van der Waals surface area (Å²) in [4.78, 5) is 38.1. The monoisotopic (exact) mass is 1270 g/mol. The molecule has 0 bridgehead atoms. The zero-order valence-corrected chi connectivity index (χ0v) is 59.4. The molecule has 2 atom stereocenters. The molecule has 0 fully saturated rings. The Morgan fingerprint density at radius 3 is 0.944 bits per heavy atom. The van der Waals surface area contributed by atoms with E-state index in [1.165, 1.54) is 148 Å². The van der Waals surface area contributed by atoms with Crippen LogP contribution >= 0.6 is 7.82 Å². The molecule has 0 saturated heterocycles. The SMILES string of the molecule is CC/C=C\C/C=C\C/C=C\C/C=C\C/C=C\C/C=C\C/C=C\C/C=C\C/C=C\C/C=C\CCCCCCC(=O)OC(COC(=O)CCCCCCCCCCCCCCCCCCCCC/C=C\C/C=C\CCCCCCC)COP(=O)([O-])OCC[N+](C)(C)C. The van der Waals surface area contributed by atoms with Crippen LogP contribution in [-0.2, 0) is 32.7 Å². The molecule has 514 valence electrons. The van der Waals surface area contributed by atoms with Crippen LogP contribution in [0.25, 0.3) is 0 Å². The van der Waals surface area contributed by atoms with E-state index in [0.29, 0.717) is 17.4 Å². The molecule has 0 radical (unpaired) electrons. The van der Waals surface area contributed by atoms with Gasteiger partial charge in [-0.05, 0) is 122 Å². The largest absolute Gasteiger partial charge is 0.756 e. The van der Waals surface area contributed by atoms with E-state index < -0.39 is 32.5 Å². The second-order valence-corrected chi connectivity index (χ2v) is 26.6. The smallest absolute Gasteiger partial charge is 0.306 e. The first-order valence-corrected chi connectivity index (χ1v) is 38.0. The number of carbonyl (C=O) groups is 2. The minimum absolute atomic E-state index is 0.0426. The lowest BCUT2D eigenvalue weighted by molar-refractivity contribution is -0.870. The van der Waals surface area contributed by atoms with E-state index >= 15 is 0 Å². The summed E-state index contributed by atoms with van der Waals surface area (Å²) in [5.74, 6) is -0.863. The van der Waals surface area contributed by atoms with Gasteiger partial charge in [-0.15, -0.1) is 0 Å². The normalized spacial score (nSPS) is 14.0. The van der Waals surface area contributed by atoms with Crippen molar-refractivity contribution in [3.63, 3.8) is 0 Å². The van der Waals surface area contributed by atoms with Gasteiger partial charge in [-0.2, -0.15) is 0 Å². The number of quaternary nitrogens is 1. The Morgan fingerprint density at radius 1 is 0.356 bits per heavy atom. The number of esters is 2. The molecule has 0 aliphatic rings. The van der Waals surface area contributed by atoms with Crippen molar-refractivity contribution in [2.45, 2.75) is 302 Å². The summed E-state index contributed by atoms with van der Waals surface area (Å²) in [7, 11) is 1.14. The molecule has 0 aliphatic carbocycles. The van der Waals surface area contributed by atoms with Crippen molar-refractivity contribution in [2.75, 3.05) is 47.5 Å². The number of rotatable bonds is 66. The first kappa shape index (κ1) is 85.9. The van der Waals surface area contributed by atoms with Crippen LogP contribution in [0, 0.1) is 0 Å². The van der Waals surface area contributed by atoms with Crippen LogP contribution in [0.3, 0.4) is 0 Å². The van der Waals surface area contributed by atoms with E-state index in [1.807, 2.05) is 21.1 Å². The van der Waals surface area contributed by atoms with Gasteiger partial charge < -0.3 is 27.9 Å². The standard InChI is InChI=1S/C80H136NO8P/c1-6-8-10-12-14-16-18-20-22-24-26-28-30-32-34-36-38-39-40-41-43-45-47-49-51-53-55-57-59-61-63-65-67-69-71-73-80(83)89-78(77-88-90(84,85)87-75-74-81(3,4)5)76-86-79(82)72-70-68-66-64-62-60-58-56-54-52-50-48-46-44-42-37-35-33-31-29-27-25-23-21-19-17-15-13-11-9-7-2/h8,10,14,16,19-22,25-28,32,34,38-39,41,43,47,49,53,55,59,61,78H,6-7,9,11-13,15,17-18,23-24,29-31,33,35-37,40,42,44-46,48,50-52,54,56-58,60,62-77H2,1-5H3/b10-8-,16-14-,21-19-,22-20-,27-25-,28-26-,34-32-,39-38-,43-41-,49-47-,55-53-,61-59-. The highest BCUT2D eigenvalue weighted by molar-refractivity contribution is 7.45. The zero-order valence-electron chi connectivity index (χ0n) is 58.5. The van der Waals surface area contributed by atoms with E-state index in [2.05, 4.69) is 160 Å². The molecular weight excluding hydrogens is 1130 g/mol. The number of likely N-dealkylation sites (N-methyl/N-ethyl adjacent to an activating group) is 1. The number of hydrogen-bond acceptors (Lipinski definition) is 8. The molecule has 2 unspecified atom stereocenters. The van der Waals surface area contributed by atoms with E-state index in [0.717, 1.165) is 116 Å². The lowest BCUT2D eigenvalue weighted by Crippen LogP contribution is -2.37. The molecule has 0 saturated carbocycles. The van der Waals surface area contributed by atoms with Gasteiger partial charge in [0.05, 0.1) is 27.7 Å². The maximum Gasteiger partial charge on any atom is 0.306 e. The molecule has 0 aromatic carbocycles. The van der Waals surface area contributed by atoms with Crippen molar-refractivity contribution < 1.29 is 42.1 Å². The van der Waals surface area contributed by atoms with Crippen LogP contribution in [-0.4, -0.2) is 70.0 Å². The second-order valence-electron chi connectivity index (χ2n) is 25.2. The third kappa shape index (κ3) is 72.9. The van der Waals surface area contributed by atoms with E-state index in [9.17, 15) is 19.0 Å². The van der Waals surface area contributed by atoms with Crippen molar-refractivity contribution in [2.24, 2.45) is 0 Å². The molecule has 9 nitrogen and oxygen atoms in total. The van der Waals surface area contributed by atoms with Gasteiger partial charge in [0, 0.05) is 12.8 Å². The van der Waals surface area contributed by atoms with E-state index in [4.69, 9.17) is 18.5 Å². The Hall–Kier alpha value is -4.11. The number of phosphoric ester groups is 1. The summed E-state index contributed by atoms with van der Waals surface area (Å²) in [5.41, 5.74) is 0. The third-order valence-corrected chi connectivity index (χ3v) is 16.3. The first-order chi connectivity index (χ1) is 44.0. The Balaban J connectivity index is 4.13. The van der Waals surface area contributed by atoms with Crippen molar-refractivity contribution in [3.05, 3.63) is 146 Å². The van der Waals surface area contributed by atoms with E-state index in [1.54, 1.807) is 0 Å². The molecular formula is C80H136NO8P. The molecule has 0 amide bonds. The van der Waals surface area contributed by atoms with Crippen molar-refractivity contribution in [3.8, 4) is 0 Å². The van der Waals surface area contributed by atoms with E-state index in [-0.39, 0.29) is 26.1 Å². The average Bonchev–Trinajstić information content (AvgIpc) is 3.61. The lowest BCUT2D eigenvalue weighted by Gasteiger charge is -2.28. The number of allylic oxidation sites excluding steroid dienone is 24. The Kier molecular flexibility index (Phi) is 66.1. The van der Waals surface area contributed by atoms with Crippen molar-refractivity contribution >= 4 is 19.8 Å². The highest BCUT2D eigenvalue weighted by Crippen LogP contribution is 2.38. The average molecular weight is 1270 g/mol. The number of unbranched alkanes of at least 4 members (excludes halogenated alkanes) is 28. The van der Waals surface area contributed by atoms with Crippen molar-refractivity contribution in [1.29, 1.82) is 0 Å². The Morgan fingerprint density at radius 2 is 0.633 bits per heavy atom. The number of carbonyl (C=O) groups excluding carboxylic acids is 2. The van der Waals surface area contributed by atoms with Crippen LogP contribution in [0.2, 0.25) is 0 Å². The highest BCUT2D eigenvalue weighted by Gasteiger charge is 2.22. The predicted molar refractivity (Wildman–Crippen MR) is 387 cm³/mol. The van der Waals surface area contributed by atoms with Gasteiger partial charge in [-0.25, -0.2) is 0 Å². The molecule has 0 aromatic heterocycles. The van der Waals surface area contributed by atoms with Gasteiger partial charge in [0.1, 0.15) is 19.8 Å². The quantitative estimate of drug-likeness (QED) is 0.0195. The second kappa shape index (κ2) is 69.2. The molecule has 0 spiro atoms. The minimum Gasteiger partial charge on any atom is -0.756 e. The fourth-order valence-corrected chi connectivity index (χ4v) is 10.5. The fourth-order valence-electron chi connectivity index (χ4n) is 9.78. The zero-order chi connectivity index (χ0) is 65.5. The van der Waals surface area contributed by atoms with Gasteiger partial charge in [-0.3, -0.25) is 14.2 Å². The summed E-state index contributed by atoms with van der Waals surface area (Å²) in [5, 5.41) is 0. The van der Waals surface area contributed by atoms with Crippen LogP contribution < -0.4 is 4.89 Å². The number of ether oxygens (including phenoxy) is 2. The van der Waals surface area contributed by atoms with Crippen LogP contribution in [0.5, 0.6) is 0 Å². The molecule has 0 aliphatic heterocycles. The van der Waals surface area contributed by atoms with Gasteiger partial charge >= 0.3 is 11.9 Å². The van der Waals surface area contributed by atoms with Crippen LogP contribution in [0.15, 0.2) is 146 Å². The maximum absolute atomic E-state index is 12.9. The van der Waals surface area contributed by atoms with Gasteiger partial charge in [0.25, 0.3) is 7.82 Å². The molecule has 0 aromatic rings. The topological polar surface area (TPSA) is 111 Å². The summed E-state index contributed by atoms with van der Waals surface area (Å²) in [6, 6.07) is 0. The van der Waals surface area contributed by atoms with Gasteiger partial charge in [0.15, 0.2) is 6.10 Å².